The Morgan fingerprint density at radius 2 is 1.77 bits per heavy atom. The summed E-state index contributed by atoms with van der Waals surface area (Å²) in [6.07, 6.45) is 10.2. The van der Waals surface area contributed by atoms with Gasteiger partial charge in [0.1, 0.15) is 11.9 Å². The van der Waals surface area contributed by atoms with Gasteiger partial charge in [0.2, 0.25) is 0 Å². The summed E-state index contributed by atoms with van der Waals surface area (Å²) in [6.45, 7) is 15.3. The van der Waals surface area contributed by atoms with Crippen molar-refractivity contribution in [2.75, 3.05) is 0 Å². The number of hydrogen-bond donors (Lipinski definition) is 3. The second-order valence-electron chi connectivity index (χ2n) is 11.3. The Morgan fingerprint density at radius 1 is 1.07 bits per heavy atom. The van der Waals surface area contributed by atoms with E-state index in [-0.39, 0.29) is 35.6 Å². The summed E-state index contributed by atoms with van der Waals surface area (Å²) >= 11 is 0. The van der Waals surface area contributed by atoms with Gasteiger partial charge in [-0.25, -0.2) is 4.79 Å². The van der Waals surface area contributed by atoms with Gasteiger partial charge in [-0.05, 0) is 42.9 Å². The van der Waals surface area contributed by atoms with Gasteiger partial charge in [0.25, 0.3) is 0 Å². The number of esters is 1. The molecule has 4 N–H and O–H groups in total. The summed E-state index contributed by atoms with van der Waals surface area (Å²) in [5, 5.41) is 22.1. The number of fused-ring (bicyclic) bond motifs is 1. The number of carbonyl (C=O) groups is 2. The van der Waals surface area contributed by atoms with E-state index in [9.17, 15) is 19.8 Å². The molecule has 2 rings (SSSR count). The molecule has 7 nitrogen and oxygen atoms in total. The zero-order valence-electron chi connectivity index (χ0n) is 24.7. The minimum atomic E-state index is -0.868. The fourth-order valence-electron chi connectivity index (χ4n) is 5.39. The number of nitrogens with two attached hydrogens (primary N) is 1. The van der Waals surface area contributed by atoms with Crippen molar-refractivity contribution in [3.8, 4) is 5.75 Å². The number of amides is 1. The van der Waals surface area contributed by atoms with E-state index in [0.717, 1.165) is 16.7 Å². The molecule has 7 heteroatoms. The molecule has 0 spiro atoms. The highest BCUT2D eigenvalue weighted by Crippen LogP contribution is 2.30. The largest absolute Gasteiger partial charge is 0.445 e. The van der Waals surface area contributed by atoms with E-state index in [1.165, 1.54) is 0 Å². The molecule has 1 aromatic carbocycles. The Balaban J connectivity index is 2.00. The van der Waals surface area contributed by atoms with Gasteiger partial charge in [-0.2, -0.15) is 0 Å². The third kappa shape index (κ3) is 9.79. The van der Waals surface area contributed by atoms with Gasteiger partial charge >= 0.3 is 12.1 Å². The van der Waals surface area contributed by atoms with Crippen molar-refractivity contribution >= 4 is 18.1 Å². The quantitative estimate of drug-likeness (QED) is 0.113. The van der Waals surface area contributed by atoms with Gasteiger partial charge in [0.15, 0.2) is 0 Å². The van der Waals surface area contributed by atoms with Crippen LogP contribution in [0.1, 0.15) is 65.5 Å². The molecule has 0 aliphatic carbocycles. The Labute approximate surface area is 239 Å². The number of aliphatic hydroxyl groups is 2. The average molecular weight is 554 g/mol. The minimum absolute atomic E-state index is 0.110. The Bertz CT molecular complexity index is 1110. The van der Waals surface area contributed by atoms with E-state index in [1.54, 1.807) is 12.2 Å². The normalized spacial score (nSPS) is 20.1. The van der Waals surface area contributed by atoms with Gasteiger partial charge in [-0.3, -0.25) is 4.79 Å². The number of allylic oxidation sites excluding steroid dienone is 3. The summed E-state index contributed by atoms with van der Waals surface area (Å²) < 4.78 is 10.7. The number of ether oxygens (including phenoxy) is 2. The Kier molecular flexibility index (Phi) is 12.9. The molecule has 0 aromatic heterocycles. The number of rotatable bonds is 14. The predicted octanol–water partition coefficient (Wildman–Crippen LogP) is 6.00. The van der Waals surface area contributed by atoms with E-state index in [4.69, 9.17) is 15.2 Å². The lowest BCUT2D eigenvalue weighted by Gasteiger charge is -2.33. The fourth-order valence-corrected chi connectivity index (χ4v) is 5.39. The van der Waals surface area contributed by atoms with Crippen LogP contribution >= 0.6 is 0 Å². The van der Waals surface area contributed by atoms with Crippen LogP contribution < -0.4 is 10.5 Å². The molecule has 0 radical (unpaired) electrons. The third-order valence-electron chi connectivity index (χ3n) is 7.74. The molecule has 220 valence electrons. The van der Waals surface area contributed by atoms with Gasteiger partial charge in [0.05, 0.1) is 18.6 Å². The smallest absolute Gasteiger partial charge is 0.404 e. The monoisotopic (exact) mass is 553 g/mol. The number of benzene rings is 1. The molecular formula is C33H47NO6. The molecule has 0 saturated heterocycles. The van der Waals surface area contributed by atoms with Gasteiger partial charge in [0, 0.05) is 23.7 Å². The third-order valence-corrected chi connectivity index (χ3v) is 7.74. The van der Waals surface area contributed by atoms with Crippen molar-refractivity contribution in [3.05, 3.63) is 71.9 Å². The average Bonchev–Trinajstić information content (AvgIpc) is 2.91. The zero-order chi connectivity index (χ0) is 30.0. The maximum atomic E-state index is 11.6. The molecule has 1 heterocycles. The van der Waals surface area contributed by atoms with E-state index in [2.05, 4.69) is 6.58 Å². The molecule has 0 fully saturated rings. The lowest BCUT2D eigenvalue weighted by molar-refractivity contribution is -0.135. The second kappa shape index (κ2) is 15.6. The van der Waals surface area contributed by atoms with Crippen LogP contribution in [0, 0.1) is 29.6 Å². The molecule has 0 saturated carbocycles. The Hall–Kier alpha value is -3.16. The lowest BCUT2D eigenvalue weighted by Crippen LogP contribution is -2.41. The Morgan fingerprint density at radius 3 is 2.42 bits per heavy atom. The standard InChI is InChI=1S/C33H47NO6/c1-8-9-10-22(4)32(40-33(34)38)25(7)31(37)24(6)18-20(2)17-23(5)30(36)21(3)11-12-26-13-14-27-15-16-29(35)39-28(27)19-26/h8-14,17,19,21-25,30-32,36-37H,1,15-16,18H2,2-7H3,(H2,34,38)/b10-9-,12-11-,20-17-/t21?,22?,23-,24-,25-,30-,31+,32-/m0/s1. The van der Waals surface area contributed by atoms with Crippen LogP contribution in [0.4, 0.5) is 4.79 Å². The SMILES string of the molecule is C=C/C=C\C(C)[C@H](OC(N)=O)[C@@H](C)[C@H](O)[C@@H](C)C/C(C)=C\[C@H](C)[C@@H](O)C(C)/C=C\c1ccc2c(c1)OC(=O)CC2. The summed E-state index contributed by atoms with van der Waals surface area (Å²) in [4.78, 5) is 23.1. The maximum Gasteiger partial charge on any atom is 0.404 e. The van der Waals surface area contributed by atoms with Gasteiger partial charge in [-0.1, -0.05) is 95.4 Å². The summed E-state index contributed by atoms with van der Waals surface area (Å²) in [5.41, 5.74) is 8.31. The van der Waals surface area contributed by atoms with Crippen molar-refractivity contribution in [1.29, 1.82) is 0 Å². The predicted molar refractivity (Wildman–Crippen MR) is 159 cm³/mol. The first-order chi connectivity index (χ1) is 18.8. The first-order valence-corrected chi connectivity index (χ1v) is 14.1. The highest BCUT2D eigenvalue weighted by Gasteiger charge is 2.33. The van der Waals surface area contributed by atoms with Crippen LogP contribution in [-0.4, -0.2) is 40.6 Å². The van der Waals surface area contributed by atoms with E-state index in [0.29, 0.717) is 25.0 Å². The molecule has 1 aliphatic heterocycles. The summed E-state index contributed by atoms with van der Waals surface area (Å²) in [6, 6.07) is 5.83. The number of hydrogen-bond acceptors (Lipinski definition) is 6. The zero-order valence-corrected chi connectivity index (χ0v) is 24.7. The van der Waals surface area contributed by atoms with Crippen LogP contribution in [0.3, 0.4) is 0 Å². The van der Waals surface area contributed by atoms with E-state index >= 15 is 0 Å². The molecule has 1 aliphatic rings. The van der Waals surface area contributed by atoms with E-state index in [1.807, 2.05) is 84.0 Å². The number of primary amides is 1. The summed E-state index contributed by atoms with van der Waals surface area (Å²) in [7, 11) is 0. The second-order valence-corrected chi connectivity index (χ2v) is 11.3. The first-order valence-electron chi connectivity index (χ1n) is 14.1. The van der Waals surface area contributed by atoms with Crippen molar-refractivity contribution in [3.63, 3.8) is 0 Å². The lowest BCUT2D eigenvalue weighted by atomic mass is 9.81. The molecule has 40 heavy (non-hydrogen) atoms. The highest BCUT2D eigenvalue weighted by atomic mass is 16.6. The molecule has 1 amide bonds. The van der Waals surface area contributed by atoms with Crippen LogP contribution in [0.5, 0.6) is 5.75 Å². The van der Waals surface area contributed by atoms with Crippen molar-refractivity contribution in [2.45, 2.75) is 79.1 Å². The fraction of sp³-hybridized carbons (Fsp3) is 0.515. The molecule has 0 bridgehead atoms. The van der Waals surface area contributed by atoms with Crippen molar-refractivity contribution in [1.82, 2.24) is 0 Å². The number of aryl methyl sites for hydroxylation is 1. The molecular weight excluding hydrogens is 506 g/mol. The van der Waals surface area contributed by atoms with Crippen molar-refractivity contribution < 1.29 is 29.3 Å². The topological polar surface area (TPSA) is 119 Å². The van der Waals surface area contributed by atoms with Crippen LogP contribution in [0.25, 0.3) is 6.08 Å². The molecule has 2 unspecified atom stereocenters. The molecule has 1 aromatic rings. The first kappa shape index (κ1) is 33.0. The van der Waals surface area contributed by atoms with E-state index < -0.39 is 24.4 Å². The number of aliphatic hydroxyl groups excluding tert-OH is 2. The van der Waals surface area contributed by atoms with Gasteiger partial charge in [-0.15, -0.1) is 0 Å². The van der Waals surface area contributed by atoms with Crippen molar-refractivity contribution in [2.24, 2.45) is 35.3 Å². The maximum absolute atomic E-state index is 11.6. The highest BCUT2D eigenvalue weighted by molar-refractivity contribution is 5.76. The van der Waals surface area contributed by atoms with Crippen LogP contribution in [0.2, 0.25) is 0 Å². The van der Waals surface area contributed by atoms with Crippen LogP contribution in [-0.2, 0) is 16.0 Å². The number of carbonyl (C=O) groups excluding carboxylic acids is 2. The van der Waals surface area contributed by atoms with Gasteiger partial charge < -0.3 is 25.4 Å². The molecule has 8 atom stereocenters. The summed E-state index contributed by atoms with van der Waals surface area (Å²) in [5.74, 6) is -0.433. The minimum Gasteiger partial charge on any atom is -0.445 e. The van der Waals surface area contributed by atoms with Crippen LogP contribution in [0.15, 0.2) is 60.7 Å².